The van der Waals surface area contributed by atoms with E-state index in [4.69, 9.17) is 4.74 Å². The first-order chi connectivity index (χ1) is 8.50. The minimum absolute atomic E-state index is 0.167. The number of hydrogen-bond acceptors (Lipinski definition) is 3. The van der Waals surface area contributed by atoms with E-state index >= 15 is 0 Å². The van der Waals surface area contributed by atoms with Gasteiger partial charge in [-0.1, -0.05) is 26.8 Å². The van der Waals surface area contributed by atoms with Gasteiger partial charge in [0.2, 0.25) is 0 Å². The third-order valence-corrected chi connectivity index (χ3v) is 3.51. The molecule has 100 valence electrons. The second-order valence-corrected chi connectivity index (χ2v) is 6.07. The predicted molar refractivity (Wildman–Crippen MR) is 76.5 cm³/mol. The van der Waals surface area contributed by atoms with Crippen LogP contribution in [0.1, 0.15) is 26.3 Å². The highest BCUT2D eigenvalue weighted by Crippen LogP contribution is 2.31. The van der Waals surface area contributed by atoms with Crippen molar-refractivity contribution in [2.75, 3.05) is 32.1 Å². The SMILES string of the molecule is COc1ccc(C(C)(C)C)cc1NCC1CNC1. The number of benzene rings is 1. The minimum atomic E-state index is 0.167. The lowest BCUT2D eigenvalue weighted by Crippen LogP contribution is -2.45. The van der Waals surface area contributed by atoms with Crippen LogP contribution in [-0.2, 0) is 5.41 Å². The fourth-order valence-corrected chi connectivity index (χ4v) is 2.06. The van der Waals surface area contributed by atoms with Gasteiger partial charge in [0, 0.05) is 25.6 Å². The maximum absolute atomic E-state index is 5.42. The van der Waals surface area contributed by atoms with Crippen molar-refractivity contribution in [3.63, 3.8) is 0 Å². The smallest absolute Gasteiger partial charge is 0.141 e. The van der Waals surface area contributed by atoms with Crippen LogP contribution in [0, 0.1) is 5.92 Å². The molecular formula is C15H24N2O. The molecule has 3 nitrogen and oxygen atoms in total. The van der Waals surface area contributed by atoms with Gasteiger partial charge in [-0.25, -0.2) is 0 Å². The van der Waals surface area contributed by atoms with Gasteiger partial charge in [0.1, 0.15) is 5.75 Å². The molecule has 0 unspecified atom stereocenters. The summed E-state index contributed by atoms with van der Waals surface area (Å²) in [7, 11) is 1.72. The standard InChI is InChI=1S/C15H24N2O/c1-15(2,3)12-5-6-14(18-4)13(7-12)17-10-11-8-16-9-11/h5-7,11,16-17H,8-10H2,1-4H3. The molecule has 2 rings (SSSR count). The van der Waals surface area contributed by atoms with E-state index in [1.54, 1.807) is 7.11 Å². The summed E-state index contributed by atoms with van der Waals surface area (Å²) in [5, 5.41) is 6.80. The number of ether oxygens (including phenoxy) is 1. The fraction of sp³-hybridized carbons (Fsp3) is 0.600. The van der Waals surface area contributed by atoms with Crippen molar-refractivity contribution in [2.45, 2.75) is 26.2 Å². The Morgan fingerprint density at radius 3 is 2.56 bits per heavy atom. The summed E-state index contributed by atoms with van der Waals surface area (Å²) >= 11 is 0. The van der Waals surface area contributed by atoms with Gasteiger partial charge in [0.05, 0.1) is 12.8 Å². The lowest BCUT2D eigenvalue weighted by Gasteiger charge is -2.28. The van der Waals surface area contributed by atoms with Gasteiger partial charge >= 0.3 is 0 Å². The van der Waals surface area contributed by atoms with Crippen LogP contribution < -0.4 is 15.4 Å². The summed E-state index contributed by atoms with van der Waals surface area (Å²) in [5.41, 5.74) is 2.61. The molecule has 1 aromatic carbocycles. The lowest BCUT2D eigenvalue weighted by atomic mass is 9.86. The largest absolute Gasteiger partial charge is 0.495 e. The zero-order valence-electron chi connectivity index (χ0n) is 11.8. The molecule has 0 saturated carbocycles. The second kappa shape index (κ2) is 5.19. The highest BCUT2D eigenvalue weighted by molar-refractivity contribution is 5.59. The third-order valence-electron chi connectivity index (χ3n) is 3.51. The Kier molecular flexibility index (Phi) is 3.81. The van der Waals surface area contributed by atoms with Crippen molar-refractivity contribution in [1.82, 2.24) is 5.32 Å². The van der Waals surface area contributed by atoms with E-state index in [1.165, 1.54) is 5.56 Å². The topological polar surface area (TPSA) is 33.3 Å². The Balaban J connectivity index is 2.13. The first kappa shape index (κ1) is 13.2. The number of hydrogen-bond donors (Lipinski definition) is 2. The first-order valence-corrected chi connectivity index (χ1v) is 6.64. The van der Waals surface area contributed by atoms with Crippen molar-refractivity contribution >= 4 is 5.69 Å². The summed E-state index contributed by atoms with van der Waals surface area (Å²) in [6, 6.07) is 6.42. The van der Waals surface area contributed by atoms with Crippen molar-refractivity contribution in [1.29, 1.82) is 0 Å². The van der Waals surface area contributed by atoms with Crippen LogP contribution in [0.5, 0.6) is 5.75 Å². The molecule has 18 heavy (non-hydrogen) atoms. The maximum Gasteiger partial charge on any atom is 0.141 e. The molecule has 0 spiro atoms. The van der Waals surface area contributed by atoms with Crippen LogP contribution >= 0.6 is 0 Å². The zero-order chi connectivity index (χ0) is 13.2. The summed E-state index contributed by atoms with van der Waals surface area (Å²) < 4.78 is 5.42. The van der Waals surface area contributed by atoms with E-state index in [0.717, 1.165) is 37.0 Å². The number of methoxy groups -OCH3 is 1. The van der Waals surface area contributed by atoms with Gasteiger partial charge in [-0.15, -0.1) is 0 Å². The predicted octanol–water partition coefficient (Wildman–Crippen LogP) is 2.62. The van der Waals surface area contributed by atoms with Crippen LogP contribution in [0.15, 0.2) is 18.2 Å². The third kappa shape index (κ3) is 2.96. The number of rotatable bonds is 4. The van der Waals surface area contributed by atoms with E-state index in [9.17, 15) is 0 Å². The Morgan fingerprint density at radius 2 is 2.06 bits per heavy atom. The van der Waals surface area contributed by atoms with Crippen LogP contribution in [0.25, 0.3) is 0 Å². The van der Waals surface area contributed by atoms with Crippen molar-refractivity contribution in [3.8, 4) is 5.75 Å². The normalized spacial score (nSPS) is 16.2. The molecule has 0 bridgehead atoms. The highest BCUT2D eigenvalue weighted by Gasteiger charge is 2.18. The molecule has 0 amide bonds. The van der Waals surface area contributed by atoms with Crippen LogP contribution in [0.3, 0.4) is 0 Å². The molecule has 1 fully saturated rings. The number of nitrogens with one attached hydrogen (secondary N) is 2. The average Bonchev–Trinajstić information content (AvgIpc) is 2.25. The van der Waals surface area contributed by atoms with Crippen molar-refractivity contribution in [3.05, 3.63) is 23.8 Å². The monoisotopic (exact) mass is 248 g/mol. The Labute approximate surface area is 110 Å². The summed E-state index contributed by atoms with van der Waals surface area (Å²) in [6.07, 6.45) is 0. The molecule has 1 aromatic rings. The second-order valence-electron chi connectivity index (χ2n) is 6.07. The molecule has 2 N–H and O–H groups in total. The van der Waals surface area contributed by atoms with Crippen LogP contribution in [0.4, 0.5) is 5.69 Å². The molecule has 0 aliphatic carbocycles. The Morgan fingerprint density at radius 1 is 1.33 bits per heavy atom. The lowest BCUT2D eigenvalue weighted by molar-refractivity contribution is 0.364. The van der Waals surface area contributed by atoms with Gasteiger partial charge in [-0.3, -0.25) is 0 Å². The summed E-state index contributed by atoms with van der Waals surface area (Å²) in [6.45, 7) is 9.94. The maximum atomic E-state index is 5.42. The minimum Gasteiger partial charge on any atom is -0.495 e. The van der Waals surface area contributed by atoms with Crippen LogP contribution in [0.2, 0.25) is 0 Å². The molecule has 3 heteroatoms. The van der Waals surface area contributed by atoms with Gasteiger partial charge < -0.3 is 15.4 Å². The summed E-state index contributed by atoms with van der Waals surface area (Å²) in [5.74, 6) is 1.67. The molecule has 1 heterocycles. The van der Waals surface area contributed by atoms with Gasteiger partial charge in [-0.05, 0) is 23.1 Å². The fourth-order valence-electron chi connectivity index (χ4n) is 2.06. The van der Waals surface area contributed by atoms with E-state index in [0.29, 0.717) is 0 Å². The molecule has 0 aromatic heterocycles. The van der Waals surface area contributed by atoms with Gasteiger partial charge in [0.15, 0.2) is 0 Å². The molecular weight excluding hydrogens is 224 g/mol. The van der Waals surface area contributed by atoms with Gasteiger partial charge in [-0.2, -0.15) is 0 Å². The first-order valence-electron chi connectivity index (χ1n) is 6.64. The van der Waals surface area contributed by atoms with Gasteiger partial charge in [0.25, 0.3) is 0 Å². The van der Waals surface area contributed by atoms with E-state index in [-0.39, 0.29) is 5.41 Å². The van der Waals surface area contributed by atoms with Crippen molar-refractivity contribution in [2.24, 2.45) is 5.92 Å². The van der Waals surface area contributed by atoms with E-state index in [1.807, 2.05) is 0 Å². The molecule has 1 aliphatic rings. The quantitative estimate of drug-likeness (QED) is 0.859. The molecule has 1 aliphatic heterocycles. The number of anilines is 1. The summed E-state index contributed by atoms with van der Waals surface area (Å²) in [4.78, 5) is 0. The van der Waals surface area contributed by atoms with Crippen molar-refractivity contribution < 1.29 is 4.74 Å². The zero-order valence-corrected chi connectivity index (χ0v) is 11.8. The molecule has 1 saturated heterocycles. The Bertz CT molecular complexity index is 405. The van der Waals surface area contributed by atoms with Crippen LogP contribution in [-0.4, -0.2) is 26.7 Å². The molecule has 0 radical (unpaired) electrons. The van der Waals surface area contributed by atoms with E-state index in [2.05, 4.69) is 49.6 Å². The molecule has 0 atom stereocenters. The Hall–Kier alpha value is -1.22. The average molecular weight is 248 g/mol. The van der Waals surface area contributed by atoms with E-state index < -0.39 is 0 Å². The highest BCUT2D eigenvalue weighted by atomic mass is 16.5.